The predicted octanol–water partition coefficient (Wildman–Crippen LogP) is 1.62. The Morgan fingerprint density at radius 3 is 2.48 bits per heavy atom. The molecule has 0 saturated carbocycles. The highest BCUT2D eigenvalue weighted by Crippen LogP contribution is 2.17. The van der Waals surface area contributed by atoms with Crippen molar-refractivity contribution in [1.82, 2.24) is 25.3 Å². The molecule has 0 radical (unpaired) electrons. The van der Waals surface area contributed by atoms with Gasteiger partial charge in [-0.15, -0.1) is 0 Å². The van der Waals surface area contributed by atoms with E-state index in [-0.39, 0.29) is 17.7 Å². The third-order valence-corrected chi connectivity index (χ3v) is 5.74. The van der Waals surface area contributed by atoms with Gasteiger partial charge in [0.1, 0.15) is 0 Å². The van der Waals surface area contributed by atoms with Gasteiger partial charge >= 0.3 is 0 Å². The summed E-state index contributed by atoms with van der Waals surface area (Å²) in [6.07, 6.45) is 1.61. The second-order valence-electron chi connectivity index (χ2n) is 7.73. The zero-order valence-corrected chi connectivity index (χ0v) is 17.6. The standard InChI is InChI=1S/C22H31N5O2/c1-16-20(17(2)27(25-16)14-18-7-5-4-6-8-18)13-24-21(28)15-26-11-9-19(10-12-26)22(29)23-3/h4-8,19H,9-15H2,1-3H3,(H,23,29)(H,24,28). The number of aromatic nitrogens is 2. The van der Waals surface area contributed by atoms with Crippen LogP contribution in [0.3, 0.4) is 0 Å². The van der Waals surface area contributed by atoms with Crippen LogP contribution in [0.25, 0.3) is 0 Å². The molecule has 7 heteroatoms. The van der Waals surface area contributed by atoms with E-state index < -0.39 is 0 Å². The Labute approximate surface area is 172 Å². The minimum absolute atomic E-state index is 0.0120. The Hall–Kier alpha value is -2.67. The van der Waals surface area contributed by atoms with E-state index in [9.17, 15) is 9.59 Å². The zero-order valence-electron chi connectivity index (χ0n) is 17.6. The van der Waals surface area contributed by atoms with Crippen LogP contribution in [0.5, 0.6) is 0 Å². The fraction of sp³-hybridized carbons (Fsp3) is 0.500. The molecule has 1 aliphatic heterocycles. The minimum atomic E-state index is 0.0120. The summed E-state index contributed by atoms with van der Waals surface area (Å²) in [5.41, 5.74) is 4.31. The quantitative estimate of drug-likeness (QED) is 0.744. The van der Waals surface area contributed by atoms with Crippen LogP contribution in [0, 0.1) is 19.8 Å². The summed E-state index contributed by atoms with van der Waals surface area (Å²) >= 11 is 0. The minimum Gasteiger partial charge on any atom is -0.359 e. The average molecular weight is 398 g/mol. The Bertz CT molecular complexity index is 838. The molecular formula is C22H31N5O2. The molecule has 0 unspecified atom stereocenters. The Kier molecular flexibility index (Phi) is 7.04. The molecule has 29 heavy (non-hydrogen) atoms. The number of rotatable bonds is 7. The normalized spacial score (nSPS) is 15.3. The largest absolute Gasteiger partial charge is 0.359 e. The maximum absolute atomic E-state index is 12.4. The van der Waals surface area contributed by atoms with Gasteiger partial charge in [0.15, 0.2) is 0 Å². The van der Waals surface area contributed by atoms with Crippen LogP contribution in [-0.4, -0.2) is 53.2 Å². The molecule has 156 valence electrons. The first-order valence-electron chi connectivity index (χ1n) is 10.3. The topological polar surface area (TPSA) is 79.3 Å². The fourth-order valence-corrected chi connectivity index (χ4v) is 3.90. The lowest BCUT2D eigenvalue weighted by Gasteiger charge is -2.30. The van der Waals surface area contributed by atoms with Crippen LogP contribution in [0.1, 0.15) is 35.4 Å². The number of hydrogen-bond donors (Lipinski definition) is 2. The molecule has 0 aliphatic carbocycles. The lowest BCUT2D eigenvalue weighted by atomic mass is 9.96. The Balaban J connectivity index is 1.50. The second kappa shape index (κ2) is 9.69. The van der Waals surface area contributed by atoms with E-state index in [4.69, 9.17) is 0 Å². The van der Waals surface area contributed by atoms with Crippen molar-refractivity contribution in [1.29, 1.82) is 0 Å². The van der Waals surface area contributed by atoms with Gasteiger partial charge < -0.3 is 10.6 Å². The van der Waals surface area contributed by atoms with E-state index in [0.29, 0.717) is 13.1 Å². The van der Waals surface area contributed by atoms with Gasteiger partial charge in [-0.1, -0.05) is 30.3 Å². The van der Waals surface area contributed by atoms with Crippen LogP contribution >= 0.6 is 0 Å². The maximum atomic E-state index is 12.4. The molecule has 0 spiro atoms. The summed E-state index contributed by atoms with van der Waals surface area (Å²) in [4.78, 5) is 26.3. The number of aryl methyl sites for hydroxylation is 1. The predicted molar refractivity (Wildman–Crippen MR) is 112 cm³/mol. The van der Waals surface area contributed by atoms with E-state index >= 15 is 0 Å². The smallest absolute Gasteiger partial charge is 0.234 e. The van der Waals surface area contributed by atoms with Crippen molar-refractivity contribution >= 4 is 11.8 Å². The molecule has 0 atom stereocenters. The van der Waals surface area contributed by atoms with Gasteiger partial charge in [0.25, 0.3) is 0 Å². The fourth-order valence-electron chi connectivity index (χ4n) is 3.90. The lowest BCUT2D eigenvalue weighted by Crippen LogP contribution is -2.44. The molecule has 7 nitrogen and oxygen atoms in total. The monoisotopic (exact) mass is 397 g/mol. The molecule has 1 fully saturated rings. The van der Waals surface area contributed by atoms with Gasteiger partial charge in [-0.3, -0.25) is 19.2 Å². The molecule has 2 N–H and O–H groups in total. The highest BCUT2D eigenvalue weighted by molar-refractivity contribution is 5.79. The summed E-state index contributed by atoms with van der Waals surface area (Å²) in [7, 11) is 1.67. The van der Waals surface area contributed by atoms with Gasteiger partial charge in [0.05, 0.1) is 18.8 Å². The van der Waals surface area contributed by atoms with Crippen molar-refractivity contribution in [2.24, 2.45) is 5.92 Å². The summed E-state index contributed by atoms with van der Waals surface area (Å²) in [6, 6.07) is 10.2. The number of hydrogen-bond acceptors (Lipinski definition) is 4. The van der Waals surface area contributed by atoms with E-state index in [1.54, 1.807) is 7.05 Å². The van der Waals surface area contributed by atoms with Crippen LogP contribution in [0.4, 0.5) is 0 Å². The molecule has 1 saturated heterocycles. The highest BCUT2D eigenvalue weighted by atomic mass is 16.2. The van der Waals surface area contributed by atoms with Crippen LogP contribution in [0.2, 0.25) is 0 Å². The van der Waals surface area contributed by atoms with Gasteiger partial charge in [-0.25, -0.2) is 0 Å². The molecule has 3 rings (SSSR count). The van der Waals surface area contributed by atoms with E-state index in [0.717, 1.165) is 49.4 Å². The number of piperidine rings is 1. The van der Waals surface area contributed by atoms with Crippen LogP contribution in [0.15, 0.2) is 30.3 Å². The zero-order chi connectivity index (χ0) is 20.8. The summed E-state index contributed by atoms with van der Waals surface area (Å²) < 4.78 is 2.00. The Morgan fingerprint density at radius 2 is 1.83 bits per heavy atom. The molecule has 1 aromatic heterocycles. The SMILES string of the molecule is CNC(=O)C1CCN(CC(=O)NCc2c(C)nn(Cc3ccccc3)c2C)CC1. The summed E-state index contributed by atoms with van der Waals surface area (Å²) in [6.45, 7) is 7.17. The third kappa shape index (κ3) is 5.44. The number of benzene rings is 1. The first kappa shape index (κ1) is 21.0. The van der Waals surface area contributed by atoms with Gasteiger partial charge in [-0.2, -0.15) is 5.10 Å². The van der Waals surface area contributed by atoms with Crippen molar-refractivity contribution in [3.63, 3.8) is 0 Å². The number of nitrogens with zero attached hydrogens (tertiary/aromatic N) is 3. The van der Waals surface area contributed by atoms with Crippen LogP contribution in [-0.2, 0) is 22.7 Å². The van der Waals surface area contributed by atoms with E-state index in [1.165, 1.54) is 5.56 Å². The summed E-state index contributed by atoms with van der Waals surface area (Å²) in [5, 5.41) is 10.4. The van der Waals surface area contributed by atoms with Crippen molar-refractivity contribution in [2.75, 3.05) is 26.7 Å². The van der Waals surface area contributed by atoms with Crippen molar-refractivity contribution in [2.45, 2.75) is 39.8 Å². The number of carbonyl (C=O) groups is 2. The number of nitrogens with one attached hydrogen (secondary N) is 2. The highest BCUT2D eigenvalue weighted by Gasteiger charge is 2.25. The molecule has 1 aliphatic rings. The molecular weight excluding hydrogens is 366 g/mol. The van der Waals surface area contributed by atoms with Gasteiger partial charge in [0, 0.05) is 30.8 Å². The first-order valence-corrected chi connectivity index (χ1v) is 10.3. The van der Waals surface area contributed by atoms with E-state index in [2.05, 4.69) is 32.8 Å². The maximum Gasteiger partial charge on any atom is 0.234 e. The molecule has 2 heterocycles. The van der Waals surface area contributed by atoms with Gasteiger partial charge in [0.2, 0.25) is 11.8 Å². The van der Waals surface area contributed by atoms with Crippen molar-refractivity contribution in [3.8, 4) is 0 Å². The first-order chi connectivity index (χ1) is 14.0. The van der Waals surface area contributed by atoms with Crippen molar-refractivity contribution < 1.29 is 9.59 Å². The second-order valence-corrected chi connectivity index (χ2v) is 7.73. The van der Waals surface area contributed by atoms with Crippen molar-refractivity contribution in [3.05, 3.63) is 52.8 Å². The third-order valence-electron chi connectivity index (χ3n) is 5.74. The average Bonchev–Trinajstić information content (AvgIpc) is 2.99. The number of likely N-dealkylation sites (tertiary alicyclic amines) is 1. The molecule has 1 aromatic carbocycles. The molecule has 2 amide bonds. The van der Waals surface area contributed by atoms with Gasteiger partial charge in [-0.05, 0) is 45.3 Å². The number of carbonyl (C=O) groups excluding carboxylic acids is 2. The van der Waals surface area contributed by atoms with Crippen LogP contribution < -0.4 is 10.6 Å². The number of amides is 2. The molecule has 0 bridgehead atoms. The lowest BCUT2D eigenvalue weighted by molar-refractivity contribution is -0.126. The Morgan fingerprint density at radius 1 is 1.14 bits per heavy atom. The van der Waals surface area contributed by atoms with E-state index in [1.807, 2.05) is 36.7 Å². The summed E-state index contributed by atoms with van der Waals surface area (Å²) in [5.74, 6) is 0.186. The molecule has 2 aromatic rings.